The van der Waals surface area contributed by atoms with Crippen LogP contribution in [0, 0.1) is 6.92 Å². The van der Waals surface area contributed by atoms with Gasteiger partial charge in [-0.1, -0.05) is 60.2 Å². The first-order valence-corrected chi connectivity index (χ1v) is 9.37. The quantitative estimate of drug-likeness (QED) is 0.611. The summed E-state index contributed by atoms with van der Waals surface area (Å²) in [5.41, 5.74) is 3.34. The number of hydrogen-bond donors (Lipinski definition) is 2. The molecule has 0 saturated carbocycles. The minimum atomic E-state index is -1.07. The molecule has 0 spiro atoms. The predicted octanol–water partition coefficient (Wildman–Crippen LogP) is 4.00. The summed E-state index contributed by atoms with van der Waals surface area (Å²) in [5.74, 6) is -0.775. The Hall–Kier alpha value is -3.60. The highest BCUT2D eigenvalue weighted by Crippen LogP contribution is 2.16. The van der Waals surface area contributed by atoms with Crippen LogP contribution in [0.1, 0.15) is 27.0 Å². The molecule has 0 aliphatic carbocycles. The Morgan fingerprint density at radius 1 is 0.897 bits per heavy atom. The van der Waals surface area contributed by atoms with Gasteiger partial charge in [-0.05, 0) is 42.3 Å². The summed E-state index contributed by atoms with van der Waals surface area (Å²) in [6.07, 6.45) is 0.186. The van der Waals surface area contributed by atoms with E-state index in [9.17, 15) is 14.7 Å². The van der Waals surface area contributed by atoms with Gasteiger partial charge in [0.05, 0.1) is 0 Å². The fraction of sp³-hybridized carbons (Fsp3) is 0.167. The summed E-state index contributed by atoms with van der Waals surface area (Å²) in [5, 5.41) is 12.1. The van der Waals surface area contributed by atoms with E-state index >= 15 is 0 Å². The zero-order chi connectivity index (χ0) is 20.6. The highest BCUT2D eigenvalue weighted by molar-refractivity contribution is 5.96. The molecular weight excluding hydrogens is 366 g/mol. The van der Waals surface area contributed by atoms with E-state index in [2.05, 4.69) is 5.32 Å². The average molecular weight is 389 g/mol. The molecule has 2 N–H and O–H groups in total. The Morgan fingerprint density at radius 3 is 2.17 bits per heavy atom. The second kappa shape index (κ2) is 9.55. The van der Waals surface area contributed by atoms with E-state index in [1.165, 1.54) is 0 Å². The van der Waals surface area contributed by atoms with Gasteiger partial charge < -0.3 is 15.2 Å². The van der Waals surface area contributed by atoms with E-state index in [0.29, 0.717) is 17.9 Å². The van der Waals surface area contributed by atoms with Crippen LogP contribution in [0.4, 0.5) is 0 Å². The first-order valence-electron chi connectivity index (χ1n) is 9.37. The fourth-order valence-electron chi connectivity index (χ4n) is 2.84. The summed E-state index contributed by atoms with van der Waals surface area (Å²) in [4.78, 5) is 24.0. The molecular formula is C24H23NO4. The molecule has 0 bridgehead atoms. The van der Waals surface area contributed by atoms with Crippen molar-refractivity contribution in [2.75, 3.05) is 0 Å². The van der Waals surface area contributed by atoms with Crippen molar-refractivity contribution in [1.29, 1.82) is 0 Å². The predicted molar refractivity (Wildman–Crippen MR) is 111 cm³/mol. The van der Waals surface area contributed by atoms with Crippen LogP contribution in [0.25, 0.3) is 0 Å². The first-order chi connectivity index (χ1) is 14.0. The molecule has 29 heavy (non-hydrogen) atoms. The van der Waals surface area contributed by atoms with Gasteiger partial charge in [-0.25, -0.2) is 4.79 Å². The standard InChI is InChI=1S/C24H23NO4/c1-17-7-11-20(12-8-17)23(26)25-22(24(27)28)15-18-9-13-21(14-10-18)29-16-19-5-3-2-4-6-19/h2-14,22H,15-16H2,1H3,(H,25,26)(H,27,28)/t22-/m0/s1. The zero-order valence-corrected chi connectivity index (χ0v) is 16.2. The van der Waals surface area contributed by atoms with Crippen molar-refractivity contribution in [3.05, 3.63) is 101 Å². The van der Waals surface area contributed by atoms with E-state index in [1.54, 1.807) is 24.3 Å². The Bertz CT molecular complexity index is 950. The molecule has 0 fully saturated rings. The molecule has 3 aromatic carbocycles. The highest BCUT2D eigenvalue weighted by Gasteiger charge is 2.21. The van der Waals surface area contributed by atoms with Crippen molar-refractivity contribution >= 4 is 11.9 Å². The van der Waals surface area contributed by atoms with Crippen molar-refractivity contribution in [1.82, 2.24) is 5.32 Å². The summed E-state index contributed by atoms with van der Waals surface area (Å²) < 4.78 is 5.75. The van der Waals surface area contributed by atoms with Gasteiger partial charge in [-0.15, -0.1) is 0 Å². The SMILES string of the molecule is Cc1ccc(C(=O)N[C@@H](Cc2ccc(OCc3ccccc3)cc2)C(=O)O)cc1. The van der Waals surface area contributed by atoms with Gasteiger partial charge in [0.2, 0.25) is 0 Å². The third kappa shape index (κ3) is 5.94. The van der Waals surface area contributed by atoms with Crippen LogP contribution in [-0.4, -0.2) is 23.0 Å². The van der Waals surface area contributed by atoms with Crippen LogP contribution in [0.3, 0.4) is 0 Å². The number of nitrogens with one attached hydrogen (secondary N) is 1. The summed E-state index contributed by atoms with van der Waals surface area (Å²) in [7, 11) is 0. The Balaban J connectivity index is 1.59. The largest absolute Gasteiger partial charge is 0.489 e. The normalized spacial score (nSPS) is 11.5. The first kappa shape index (κ1) is 20.1. The third-order valence-corrected chi connectivity index (χ3v) is 4.53. The lowest BCUT2D eigenvalue weighted by atomic mass is 10.0. The van der Waals surface area contributed by atoms with Crippen LogP contribution < -0.4 is 10.1 Å². The lowest BCUT2D eigenvalue weighted by molar-refractivity contribution is -0.139. The number of benzene rings is 3. The number of carboxylic acid groups (broad SMARTS) is 1. The van der Waals surface area contributed by atoms with Crippen LogP contribution in [0.5, 0.6) is 5.75 Å². The third-order valence-electron chi connectivity index (χ3n) is 4.53. The molecule has 5 nitrogen and oxygen atoms in total. The highest BCUT2D eigenvalue weighted by atomic mass is 16.5. The number of rotatable bonds is 8. The van der Waals surface area contributed by atoms with Crippen molar-refractivity contribution in [3.8, 4) is 5.75 Å². The van der Waals surface area contributed by atoms with Crippen molar-refractivity contribution in [3.63, 3.8) is 0 Å². The van der Waals surface area contributed by atoms with Gasteiger partial charge >= 0.3 is 5.97 Å². The molecule has 0 saturated heterocycles. The maximum Gasteiger partial charge on any atom is 0.326 e. The Labute approximate surface area is 170 Å². The number of carbonyl (C=O) groups excluding carboxylic acids is 1. The molecule has 148 valence electrons. The molecule has 0 aromatic heterocycles. The summed E-state index contributed by atoms with van der Waals surface area (Å²) >= 11 is 0. The minimum absolute atomic E-state index is 0.186. The molecule has 3 aromatic rings. The Morgan fingerprint density at radius 2 is 1.55 bits per heavy atom. The number of aryl methyl sites for hydroxylation is 1. The lowest BCUT2D eigenvalue weighted by Crippen LogP contribution is -2.42. The van der Waals surface area contributed by atoms with E-state index in [1.807, 2.05) is 61.5 Å². The minimum Gasteiger partial charge on any atom is -0.489 e. The van der Waals surface area contributed by atoms with Gasteiger partial charge in [0.15, 0.2) is 0 Å². The van der Waals surface area contributed by atoms with Gasteiger partial charge in [-0.2, -0.15) is 0 Å². The van der Waals surface area contributed by atoms with Crippen LogP contribution in [0.15, 0.2) is 78.9 Å². The molecule has 0 heterocycles. The number of hydrogen-bond acceptors (Lipinski definition) is 3. The number of ether oxygens (including phenoxy) is 1. The number of aliphatic carboxylic acids is 1. The number of carboxylic acids is 1. The molecule has 0 radical (unpaired) electrons. The second-order valence-corrected chi connectivity index (χ2v) is 6.85. The molecule has 1 atom stereocenters. The molecule has 1 amide bonds. The van der Waals surface area contributed by atoms with E-state index in [-0.39, 0.29) is 6.42 Å². The molecule has 3 rings (SSSR count). The van der Waals surface area contributed by atoms with Crippen molar-refractivity contribution in [2.24, 2.45) is 0 Å². The van der Waals surface area contributed by atoms with Crippen LogP contribution >= 0.6 is 0 Å². The van der Waals surface area contributed by atoms with Gasteiger partial charge in [0.1, 0.15) is 18.4 Å². The summed E-state index contributed by atoms with van der Waals surface area (Å²) in [6.45, 7) is 2.39. The van der Waals surface area contributed by atoms with E-state index in [0.717, 1.165) is 16.7 Å². The smallest absolute Gasteiger partial charge is 0.326 e. The van der Waals surface area contributed by atoms with E-state index in [4.69, 9.17) is 4.74 Å². The van der Waals surface area contributed by atoms with Crippen molar-refractivity contribution in [2.45, 2.75) is 26.0 Å². The average Bonchev–Trinajstić information content (AvgIpc) is 2.74. The maximum atomic E-state index is 12.3. The molecule has 0 unspecified atom stereocenters. The van der Waals surface area contributed by atoms with Crippen LogP contribution in [-0.2, 0) is 17.8 Å². The van der Waals surface area contributed by atoms with Gasteiger partial charge in [-0.3, -0.25) is 4.79 Å². The van der Waals surface area contributed by atoms with Gasteiger partial charge in [0.25, 0.3) is 5.91 Å². The fourth-order valence-corrected chi connectivity index (χ4v) is 2.84. The summed E-state index contributed by atoms with van der Waals surface area (Å²) in [6, 6.07) is 23.1. The zero-order valence-electron chi connectivity index (χ0n) is 16.2. The topological polar surface area (TPSA) is 75.6 Å². The number of carbonyl (C=O) groups is 2. The Kier molecular flexibility index (Phi) is 6.63. The maximum absolute atomic E-state index is 12.3. The number of amides is 1. The molecule has 0 aliphatic heterocycles. The second-order valence-electron chi connectivity index (χ2n) is 6.85. The van der Waals surface area contributed by atoms with E-state index < -0.39 is 17.9 Å². The molecule has 5 heteroatoms. The van der Waals surface area contributed by atoms with Crippen molar-refractivity contribution < 1.29 is 19.4 Å². The van der Waals surface area contributed by atoms with Gasteiger partial charge in [0, 0.05) is 12.0 Å². The monoisotopic (exact) mass is 389 g/mol. The molecule has 0 aliphatic rings. The lowest BCUT2D eigenvalue weighted by Gasteiger charge is -2.15. The van der Waals surface area contributed by atoms with Crippen LogP contribution in [0.2, 0.25) is 0 Å².